The number of fused-ring (bicyclic) bond motifs is 9. The molecule has 1 aliphatic carbocycles. The Morgan fingerprint density at radius 3 is 1.70 bits per heavy atom. The average molecular weight is 726 g/mol. The Labute approximate surface area is 330 Å². The summed E-state index contributed by atoms with van der Waals surface area (Å²) in [7, 11) is 0. The van der Waals surface area contributed by atoms with Gasteiger partial charge in [0.1, 0.15) is 11.2 Å². The van der Waals surface area contributed by atoms with Crippen LogP contribution in [0.3, 0.4) is 0 Å². The van der Waals surface area contributed by atoms with Gasteiger partial charge in [-0.1, -0.05) is 158 Å². The van der Waals surface area contributed by atoms with E-state index in [1.54, 1.807) is 0 Å². The van der Waals surface area contributed by atoms with Crippen LogP contribution in [0.5, 0.6) is 0 Å². The maximum absolute atomic E-state index is 6.13. The second-order valence-corrected chi connectivity index (χ2v) is 15.2. The van der Waals surface area contributed by atoms with E-state index in [0.717, 1.165) is 27.6 Å². The Hall–Kier alpha value is -7.42. The van der Waals surface area contributed by atoms with Crippen LogP contribution in [0, 0.1) is 0 Å². The highest BCUT2D eigenvalue weighted by Gasteiger charge is 2.46. The molecule has 9 aromatic carbocycles. The Balaban J connectivity index is 1.01. The molecule has 57 heavy (non-hydrogen) atoms. The molecule has 11 aromatic rings. The molecule has 2 aromatic heterocycles. The summed E-state index contributed by atoms with van der Waals surface area (Å²) in [5.41, 5.74) is 17.4. The number of furan rings is 1. The fraction of sp³-hybridized carbons (Fsp3) is 0.0182. The van der Waals surface area contributed by atoms with Crippen LogP contribution < -0.4 is 0 Å². The van der Waals surface area contributed by atoms with E-state index in [1.165, 1.54) is 77.4 Å². The summed E-state index contributed by atoms with van der Waals surface area (Å²) in [5.74, 6) is 0. The lowest BCUT2D eigenvalue weighted by molar-refractivity contribution is 0.669. The first-order valence-electron chi connectivity index (χ1n) is 19.7. The van der Waals surface area contributed by atoms with Gasteiger partial charge in [-0.25, -0.2) is 0 Å². The number of nitrogens with zero attached hydrogens (tertiary/aromatic N) is 1. The molecule has 0 saturated carbocycles. The van der Waals surface area contributed by atoms with Crippen molar-refractivity contribution in [1.29, 1.82) is 0 Å². The normalized spacial score (nSPS) is 13.1. The molecule has 0 unspecified atom stereocenters. The van der Waals surface area contributed by atoms with Crippen molar-refractivity contribution in [3.8, 4) is 39.1 Å². The molecule has 0 amide bonds. The van der Waals surface area contributed by atoms with Crippen LogP contribution in [0.25, 0.3) is 82.8 Å². The van der Waals surface area contributed by atoms with Gasteiger partial charge in [0, 0.05) is 27.2 Å². The minimum atomic E-state index is -0.421. The zero-order valence-corrected chi connectivity index (χ0v) is 31.1. The minimum absolute atomic E-state index is 0.421. The summed E-state index contributed by atoms with van der Waals surface area (Å²) in [5, 5.41) is 4.77. The molecule has 0 fully saturated rings. The van der Waals surface area contributed by atoms with Crippen molar-refractivity contribution in [1.82, 2.24) is 4.57 Å². The molecule has 0 spiro atoms. The zero-order valence-electron chi connectivity index (χ0n) is 31.1. The summed E-state index contributed by atoms with van der Waals surface area (Å²) < 4.78 is 8.58. The Morgan fingerprint density at radius 2 is 0.912 bits per heavy atom. The van der Waals surface area contributed by atoms with E-state index in [0.29, 0.717) is 0 Å². The van der Waals surface area contributed by atoms with Crippen LogP contribution in [-0.2, 0) is 5.41 Å². The highest BCUT2D eigenvalue weighted by molar-refractivity contribution is 6.11. The minimum Gasteiger partial charge on any atom is -0.456 e. The van der Waals surface area contributed by atoms with Gasteiger partial charge in [0.2, 0.25) is 0 Å². The average Bonchev–Trinajstić information content (AvgIpc) is 3.93. The van der Waals surface area contributed by atoms with Crippen LogP contribution in [0.15, 0.2) is 217 Å². The zero-order chi connectivity index (χ0) is 37.5. The quantitative estimate of drug-likeness (QED) is 0.173. The summed E-state index contributed by atoms with van der Waals surface area (Å²) >= 11 is 0. The van der Waals surface area contributed by atoms with Gasteiger partial charge in [-0.3, -0.25) is 0 Å². The third kappa shape index (κ3) is 4.65. The van der Waals surface area contributed by atoms with Gasteiger partial charge in [-0.05, 0) is 110 Å². The van der Waals surface area contributed by atoms with E-state index in [2.05, 4.69) is 205 Å². The lowest BCUT2D eigenvalue weighted by Gasteiger charge is -2.33. The smallest absolute Gasteiger partial charge is 0.135 e. The largest absolute Gasteiger partial charge is 0.456 e. The standard InChI is InChI=1S/C55H35NO/c1-3-16-40(17-4-1)55(41-18-5-2-6-19-41)49-23-10-7-20-43(49)46-35-42(28-29-50(46)55)56-51-24-11-8-21-44(51)47-33-38(26-30-52(47)56)36-14-13-15-37(32-36)39-27-31-54-48(34-39)45-22-9-12-25-53(45)57-54/h1-35H. The second kappa shape index (κ2) is 12.3. The molecule has 0 bridgehead atoms. The van der Waals surface area contributed by atoms with Gasteiger partial charge in [0.25, 0.3) is 0 Å². The first-order chi connectivity index (χ1) is 28.3. The molecule has 12 rings (SSSR count). The predicted octanol–water partition coefficient (Wildman–Crippen LogP) is 14.4. The summed E-state index contributed by atoms with van der Waals surface area (Å²) in [6.07, 6.45) is 0. The van der Waals surface area contributed by atoms with Crippen LogP contribution in [0.1, 0.15) is 22.3 Å². The van der Waals surface area contributed by atoms with Gasteiger partial charge in [-0.2, -0.15) is 0 Å². The molecule has 266 valence electrons. The molecule has 0 N–H and O–H groups in total. The van der Waals surface area contributed by atoms with Crippen molar-refractivity contribution in [2.75, 3.05) is 0 Å². The third-order valence-corrected chi connectivity index (χ3v) is 12.3. The van der Waals surface area contributed by atoms with Gasteiger partial charge in [0.05, 0.1) is 16.4 Å². The van der Waals surface area contributed by atoms with E-state index in [4.69, 9.17) is 4.42 Å². The van der Waals surface area contributed by atoms with Crippen molar-refractivity contribution in [2.24, 2.45) is 0 Å². The molecule has 2 nitrogen and oxygen atoms in total. The molecule has 0 saturated heterocycles. The molecule has 2 heteroatoms. The van der Waals surface area contributed by atoms with Crippen molar-refractivity contribution >= 4 is 43.7 Å². The number of rotatable bonds is 5. The van der Waals surface area contributed by atoms with E-state index in [9.17, 15) is 0 Å². The first-order valence-corrected chi connectivity index (χ1v) is 19.7. The van der Waals surface area contributed by atoms with E-state index < -0.39 is 5.41 Å². The molecule has 2 heterocycles. The van der Waals surface area contributed by atoms with Crippen LogP contribution in [-0.4, -0.2) is 4.57 Å². The first kappa shape index (κ1) is 31.9. The van der Waals surface area contributed by atoms with E-state index >= 15 is 0 Å². The van der Waals surface area contributed by atoms with Gasteiger partial charge in [-0.15, -0.1) is 0 Å². The Bertz CT molecular complexity index is 3310. The van der Waals surface area contributed by atoms with Crippen LogP contribution in [0.4, 0.5) is 0 Å². The van der Waals surface area contributed by atoms with E-state index in [1.807, 2.05) is 12.1 Å². The van der Waals surface area contributed by atoms with Crippen LogP contribution >= 0.6 is 0 Å². The fourth-order valence-electron chi connectivity index (χ4n) is 9.79. The maximum atomic E-state index is 6.13. The van der Waals surface area contributed by atoms with Gasteiger partial charge in [0.15, 0.2) is 0 Å². The van der Waals surface area contributed by atoms with Crippen molar-refractivity contribution in [2.45, 2.75) is 5.41 Å². The number of hydrogen-bond acceptors (Lipinski definition) is 1. The van der Waals surface area contributed by atoms with Crippen LogP contribution in [0.2, 0.25) is 0 Å². The summed E-state index contributed by atoms with van der Waals surface area (Å²) in [6.45, 7) is 0. The molecular formula is C55H35NO. The maximum Gasteiger partial charge on any atom is 0.135 e. The monoisotopic (exact) mass is 725 g/mol. The van der Waals surface area contributed by atoms with Gasteiger partial charge < -0.3 is 8.98 Å². The highest BCUT2D eigenvalue weighted by Crippen LogP contribution is 2.56. The SMILES string of the molecule is c1ccc(C2(c3ccccc3)c3ccccc3-c3cc(-n4c5ccccc5c5cc(-c6cccc(-c7ccc8oc9ccccc9c8c7)c6)ccc54)ccc32)cc1. The van der Waals surface area contributed by atoms with E-state index in [-0.39, 0.29) is 0 Å². The molecule has 0 radical (unpaired) electrons. The number of para-hydroxylation sites is 2. The third-order valence-electron chi connectivity index (χ3n) is 12.3. The molecule has 0 aliphatic heterocycles. The predicted molar refractivity (Wildman–Crippen MR) is 236 cm³/mol. The molecular weight excluding hydrogens is 691 g/mol. The van der Waals surface area contributed by atoms with Gasteiger partial charge >= 0.3 is 0 Å². The lowest BCUT2D eigenvalue weighted by Crippen LogP contribution is -2.28. The highest BCUT2D eigenvalue weighted by atomic mass is 16.3. The van der Waals surface area contributed by atoms with Crippen molar-refractivity contribution in [3.05, 3.63) is 235 Å². The van der Waals surface area contributed by atoms with Crippen molar-refractivity contribution < 1.29 is 4.42 Å². The topological polar surface area (TPSA) is 18.1 Å². The fourth-order valence-corrected chi connectivity index (χ4v) is 9.79. The van der Waals surface area contributed by atoms with Crippen molar-refractivity contribution in [3.63, 3.8) is 0 Å². The lowest BCUT2D eigenvalue weighted by atomic mass is 9.68. The summed E-state index contributed by atoms with van der Waals surface area (Å²) in [4.78, 5) is 0. The number of benzene rings is 9. The second-order valence-electron chi connectivity index (χ2n) is 15.2. The number of hydrogen-bond donors (Lipinski definition) is 0. The molecule has 1 aliphatic rings. The molecule has 0 atom stereocenters. The Kier molecular flexibility index (Phi) is 6.88. The Morgan fingerprint density at radius 1 is 0.333 bits per heavy atom. The summed E-state index contributed by atoms with van der Waals surface area (Å²) in [6, 6.07) is 77.6. The number of aromatic nitrogens is 1.